The number of likely N-dealkylation sites (N-methyl/N-ethyl adjacent to an activating group) is 1. The van der Waals surface area contributed by atoms with Gasteiger partial charge >= 0.3 is 0 Å². The minimum Gasteiger partial charge on any atom is -0.378 e. The molecule has 1 aliphatic heterocycles. The number of amides is 1. The van der Waals surface area contributed by atoms with E-state index in [0.717, 1.165) is 30.5 Å². The summed E-state index contributed by atoms with van der Waals surface area (Å²) in [6.07, 6.45) is 1.64. The molecule has 2 N–H and O–H groups in total. The van der Waals surface area contributed by atoms with Crippen molar-refractivity contribution >= 4 is 5.91 Å². The lowest BCUT2D eigenvalue weighted by Gasteiger charge is -2.26. The highest BCUT2D eigenvalue weighted by molar-refractivity contribution is 5.95. The van der Waals surface area contributed by atoms with Gasteiger partial charge in [-0.1, -0.05) is 18.2 Å². The molecule has 1 fully saturated rings. The summed E-state index contributed by atoms with van der Waals surface area (Å²) in [6, 6.07) is 7.72. The Balaban J connectivity index is 2.00. The van der Waals surface area contributed by atoms with Crippen LogP contribution in [0.15, 0.2) is 24.3 Å². The Kier molecular flexibility index (Phi) is 5.73. The van der Waals surface area contributed by atoms with Crippen molar-refractivity contribution in [2.24, 2.45) is 0 Å². The molecular formula is C16H24N2O3. The molecule has 1 saturated heterocycles. The van der Waals surface area contributed by atoms with Crippen LogP contribution in [0, 0.1) is 0 Å². The lowest BCUT2D eigenvalue weighted by atomic mass is 10.0. The first kappa shape index (κ1) is 15.9. The molecule has 1 amide bonds. The predicted octanol–water partition coefficient (Wildman–Crippen LogP) is 0.984. The van der Waals surface area contributed by atoms with Gasteiger partial charge in [0.05, 0.1) is 6.61 Å². The molecule has 5 heteroatoms. The number of hydrogen-bond donors (Lipinski definition) is 2. The average Bonchev–Trinajstić information content (AvgIpc) is 3.00. The van der Waals surface area contributed by atoms with Gasteiger partial charge in [-0.3, -0.25) is 4.79 Å². The number of rotatable bonds is 7. The predicted molar refractivity (Wildman–Crippen MR) is 81.6 cm³/mol. The monoisotopic (exact) mass is 292 g/mol. The summed E-state index contributed by atoms with van der Waals surface area (Å²) in [5.74, 6) is -0.0509. The molecule has 21 heavy (non-hydrogen) atoms. The van der Waals surface area contributed by atoms with Crippen LogP contribution in [0.2, 0.25) is 0 Å². The maximum atomic E-state index is 12.4. The molecule has 1 atom stereocenters. The van der Waals surface area contributed by atoms with Crippen LogP contribution in [0.4, 0.5) is 0 Å². The van der Waals surface area contributed by atoms with Crippen molar-refractivity contribution in [1.29, 1.82) is 0 Å². The number of nitrogens with one attached hydrogen (secondary N) is 2. The van der Waals surface area contributed by atoms with E-state index in [2.05, 4.69) is 10.6 Å². The third kappa shape index (κ3) is 4.03. The Labute approximate surface area is 126 Å². The SMILES string of the molecule is CNCCc1ccccc1C(=O)NCC1(OC)CCOC1. The summed E-state index contributed by atoms with van der Waals surface area (Å²) < 4.78 is 10.9. The van der Waals surface area contributed by atoms with E-state index in [1.807, 2.05) is 31.3 Å². The highest BCUT2D eigenvalue weighted by atomic mass is 16.5. The van der Waals surface area contributed by atoms with Gasteiger partial charge in [-0.15, -0.1) is 0 Å². The molecule has 2 rings (SSSR count). The average molecular weight is 292 g/mol. The van der Waals surface area contributed by atoms with Gasteiger partial charge in [0, 0.05) is 32.2 Å². The molecule has 0 bridgehead atoms. The molecule has 1 aromatic carbocycles. The molecular weight excluding hydrogens is 268 g/mol. The zero-order valence-electron chi connectivity index (χ0n) is 12.8. The molecule has 1 aromatic rings. The smallest absolute Gasteiger partial charge is 0.251 e. The van der Waals surface area contributed by atoms with Gasteiger partial charge in [0.1, 0.15) is 5.60 Å². The van der Waals surface area contributed by atoms with E-state index in [1.54, 1.807) is 7.11 Å². The Morgan fingerprint density at radius 3 is 2.90 bits per heavy atom. The molecule has 0 aliphatic carbocycles. The fourth-order valence-corrected chi connectivity index (χ4v) is 2.52. The molecule has 116 valence electrons. The Morgan fingerprint density at radius 2 is 2.24 bits per heavy atom. The van der Waals surface area contributed by atoms with Gasteiger partial charge in [-0.05, 0) is 31.6 Å². The number of ether oxygens (including phenoxy) is 2. The van der Waals surface area contributed by atoms with Gasteiger partial charge in [0.2, 0.25) is 0 Å². The van der Waals surface area contributed by atoms with E-state index in [1.165, 1.54) is 0 Å². The van der Waals surface area contributed by atoms with Crippen molar-refractivity contribution in [3.63, 3.8) is 0 Å². The van der Waals surface area contributed by atoms with E-state index in [0.29, 0.717) is 19.8 Å². The third-order valence-electron chi connectivity index (χ3n) is 3.98. The minimum absolute atomic E-state index is 0.0509. The Hall–Kier alpha value is -1.43. The molecule has 1 unspecified atom stereocenters. The first-order chi connectivity index (χ1) is 10.2. The number of benzene rings is 1. The maximum Gasteiger partial charge on any atom is 0.251 e. The molecule has 0 saturated carbocycles. The lowest BCUT2D eigenvalue weighted by molar-refractivity contribution is -0.0148. The molecule has 5 nitrogen and oxygen atoms in total. The van der Waals surface area contributed by atoms with E-state index in [9.17, 15) is 4.79 Å². The quantitative estimate of drug-likeness (QED) is 0.786. The summed E-state index contributed by atoms with van der Waals surface area (Å²) in [4.78, 5) is 12.4. The van der Waals surface area contributed by atoms with Gasteiger partial charge in [0.15, 0.2) is 0 Å². The van der Waals surface area contributed by atoms with Crippen LogP contribution in [0.3, 0.4) is 0 Å². The van der Waals surface area contributed by atoms with Gasteiger partial charge in [0.25, 0.3) is 5.91 Å². The number of methoxy groups -OCH3 is 1. The van der Waals surface area contributed by atoms with E-state index < -0.39 is 0 Å². The van der Waals surface area contributed by atoms with Crippen LogP contribution >= 0.6 is 0 Å². The van der Waals surface area contributed by atoms with Crippen LogP contribution in [0.5, 0.6) is 0 Å². The van der Waals surface area contributed by atoms with Crippen molar-refractivity contribution < 1.29 is 14.3 Å². The van der Waals surface area contributed by atoms with Crippen molar-refractivity contribution in [2.45, 2.75) is 18.4 Å². The van der Waals surface area contributed by atoms with Gasteiger partial charge in [-0.2, -0.15) is 0 Å². The molecule has 0 radical (unpaired) electrons. The summed E-state index contributed by atoms with van der Waals surface area (Å²) in [6.45, 7) is 2.54. The van der Waals surface area contributed by atoms with E-state index in [4.69, 9.17) is 9.47 Å². The van der Waals surface area contributed by atoms with Crippen molar-refractivity contribution in [3.8, 4) is 0 Å². The van der Waals surface area contributed by atoms with E-state index in [-0.39, 0.29) is 11.5 Å². The van der Waals surface area contributed by atoms with Crippen LogP contribution < -0.4 is 10.6 Å². The largest absolute Gasteiger partial charge is 0.378 e. The molecule has 1 heterocycles. The topological polar surface area (TPSA) is 59.6 Å². The zero-order chi connectivity index (χ0) is 15.1. The van der Waals surface area contributed by atoms with Crippen molar-refractivity contribution in [1.82, 2.24) is 10.6 Å². The number of hydrogen-bond acceptors (Lipinski definition) is 4. The van der Waals surface area contributed by atoms with Gasteiger partial charge < -0.3 is 20.1 Å². The normalized spacial score (nSPS) is 21.4. The molecule has 0 aromatic heterocycles. The van der Waals surface area contributed by atoms with Crippen LogP contribution in [-0.2, 0) is 15.9 Å². The standard InChI is InChI=1S/C16H24N2O3/c1-17-9-7-13-5-3-4-6-14(13)15(19)18-11-16(20-2)8-10-21-12-16/h3-6,17H,7-12H2,1-2H3,(H,18,19). The van der Waals surface area contributed by atoms with Crippen molar-refractivity contribution in [2.75, 3.05) is 40.5 Å². The number of carbonyl (C=O) groups excluding carboxylic acids is 1. The highest BCUT2D eigenvalue weighted by Crippen LogP contribution is 2.21. The fraction of sp³-hybridized carbons (Fsp3) is 0.562. The second-order valence-corrected chi connectivity index (χ2v) is 5.38. The van der Waals surface area contributed by atoms with E-state index >= 15 is 0 Å². The Bertz CT molecular complexity index is 470. The minimum atomic E-state index is -0.379. The first-order valence-electron chi connectivity index (χ1n) is 7.34. The third-order valence-corrected chi connectivity index (χ3v) is 3.98. The second-order valence-electron chi connectivity index (χ2n) is 5.38. The van der Waals surface area contributed by atoms with Crippen LogP contribution in [-0.4, -0.2) is 52.0 Å². The highest BCUT2D eigenvalue weighted by Gasteiger charge is 2.35. The Morgan fingerprint density at radius 1 is 1.43 bits per heavy atom. The molecule has 1 aliphatic rings. The molecule has 0 spiro atoms. The summed E-state index contributed by atoms with van der Waals surface area (Å²) in [5, 5.41) is 6.09. The van der Waals surface area contributed by atoms with Gasteiger partial charge in [-0.25, -0.2) is 0 Å². The summed E-state index contributed by atoms with van der Waals surface area (Å²) in [7, 11) is 3.58. The first-order valence-corrected chi connectivity index (χ1v) is 7.34. The van der Waals surface area contributed by atoms with Crippen LogP contribution in [0.1, 0.15) is 22.3 Å². The second kappa shape index (κ2) is 7.54. The van der Waals surface area contributed by atoms with Crippen LogP contribution in [0.25, 0.3) is 0 Å². The fourth-order valence-electron chi connectivity index (χ4n) is 2.52. The van der Waals surface area contributed by atoms with Crippen molar-refractivity contribution in [3.05, 3.63) is 35.4 Å². The lowest BCUT2D eigenvalue weighted by Crippen LogP contribution is -2.45. The number of carbonyl (C=O) groups is 1. The maximum absolute atomic E-state index is 12.4. The summed E-state index contributed by atoms with van der Waals surface area (Å²) >= 11 is 0. The zero-order valence-corrected chi connectivity index (χ0v) is 12.8. The summed E-state index contributed by atoms with van der Waals surface area (Å²) in [5.41, 5.74) is 1.41.